The lowest BCUT2D eigenvalue weighted by molar-refractivity contribution is -0.453. The first-order valence-corrected chi connectivity index (χ1v) is 15.4. The highest BCUT2D eigenvalue weighted by Gasteiger charge is 2.54. The van der Waals surface area contributed by atoms with Gasteiger partial charge in [-0.1, -0.05) is 47.7 Å². The topological polar surface area (TPSA) is 187 Å². The molecule has 3 aromatic rings. The van der Waals surface area contributed by atoms with E-state index in [1.807, 2.05) is 6.07 Å². The SMILES string of the molecule is CON(OC1O[C@H](COC(C)=O)[C@@H](OC(C)=O)[C@H](OC(C)=O)[C@H]1OC(C)=O)C(C)CC(c1ccccc1)c1c(O)c2ccccc2oc1=O. The van der Waals surface area contributed by atoms with Crippen LogP contribution in [0.1, 0.15) is 58.1 Å². The Labute approximate surface area is 281 Å². The summed E-state index contributed by atoms with van der Waals surface area (Å²) in [7, 11) is 1.29. The Bertz CT molecular complexity index is 1690. The highest BCUT2D eigenvalue weighted by Crippen LogP contribution is 2.38. The van der Waals surface area contributed by atoms with E-state index in [4.69, 9.17) is 37.8 Å². The molecule has 2 aromatic carbocycles. The monoisotopic (exact) mass is 685 g/mol. The van der Waals surface area contributed by atoms with Crippen LogP contribution in [0.3, 0.4) is 0 Å². The second kappa shape index (κ2) is 16.5. The average molecular weight is 686 g/mol. The van der Waals surface area contributed by atoms with E-state index in [-0.39, 0.29) is 23.3 Å². The minimum Gasteiger partial charge on any atom is -0.507 e. The summed E-state index contributed by atoms with van der Waals surface area (Å²) in [6.07, 6.45) is -7.08. The number of hydrogen-bond acceptors (Lipinski definition) is 15. The fourth-order valence-electron chi connectivity index (χ4n) is 5.69. The maximum Gasteiger partial charge on any atom is 0.343 e. The van der Waals surface area contributed by atoms with Crippen molar-refractivity contribution in [3.8, 4) is 5.75 Å². The third kappa shape index (κ3) is 9.20. The van der Waals surface area contributed by atoms with E-state index in [1.54, 1.807) is 55.5 Å². The van der Waals surface area contributed by atoms with Crippen molar-refractivity contribution >= 4 is 34.8 Å². The lowest BCUT2D eigenvalue weighted by Gasteiger charge is -2.45. The predicted molar refractivity (Wildman–Crippen MR) is 168 cm³/mol. The van der Waals surface area contributed by atoms with E-state index >= 15 is 0 Å². The molecule has 4 rings (SSSR count). The van der Waals surface area contributed by atoms with Gasteiger partial charge in [0.15, 0.2) is 18.3 Å². The van der Waals surface area contributed by atoms with Gasteiger partial charge in [0, 0.05) is 33.6 Å². The van der Waals surface area contributed by atoms with Crippen molar-refractivity contribution in [3.63, 3.8) is 0 Å². The van der Waals surface area contributed by atoms with E-state index in [1.165, 1.54) is 7.11 Å². The van der Waals surface area contributed by atoms with Gasteiger partial charge >= 0.3 is 29.5 Å². The molecule has 1 aliphatic heterocycles. The number of ether oxygens (including phenoxy) is 5. The molecule has 0 aliphatic carbocycles. The maximum absolute atomic E-state index is 13.3. The highest BCUT2D eigenvalue weighted by atomic mass is 17.0. The van der Waals surface area contributed by atoms with Crippen molar-refractivity contribution in [3.05, 3.63) is 76.1 Å². The number of aromatic hydroxyl groups is 1. The van der Waals surface area contributed by atoms with Gasteiger partial charge in [0.2, 0.25) is 6.29 Å². The first-order valence-electron chi connectivity index (χ1n) is 15.4. The largest absolute Gasteiger partial charge is 0.507 e. The fourth-order valence-corrected chi connectivity index (χ4v) is 5.69. The number of benzene rings is 2. The third-order valence-corrected chi connectivity index (χ3v) is 7.64. The van der Waals surface area contributed by atoms with Crippen LogP contribution < -0.4 is 5.63 Å². The normalized spacial score (nSPS) is 21.8. The molecule has 1 N–H and O–H groups in total. The molecule has 7 atom stereocenters. The van der Waals surface area contributed by atoms with Crippen LogP contribution in [0.5, 0.6) is 5.75 Å². The molecule has 3 unspecified atom stereocenters. The Hall–Kier alpha value is -4.83. The smallest absolute Gasteiger partial charge is 0.343 e. The number of para-hydroxylation sites is 1. The molecule has 15 heteroatoms. The summed E-state index contributed by atoms with van der Waals surface area (Å²) in [6, 6.07) is 14.8. The predicted octanol–water partition coefficient (Wildman–Crippen LogP) is 3.29. The minimum absolute atomic E-state index is 0.0140. The molecule has 2 heterocycles. The number of nitrogens with zero attached hydrogens (tertiary/aromatic N) is 1. The first-order chi connectivity index (χ1) is 23.3. The summed E-state index contributed by atoms with van der Waals surface area (Å²) >= 11 is 0. The molecule has 1 fully saturated rings. The number of esters is 4. The average Bonchev–Trinajstić information content (AvgIpc) is 3.04. The van der Waals surface area contributed by atoms with Crippen LogP contribution in [0.4, 0.5) is 0 Å². The molecule has 264 valence electrons. The van der Waals surface area contributed by atoms with Crippen LogP contribution in [-0.2, 0) is 52.5 Å². The van der Waals surface area contributed by atoms with E-state index in [2.05, 4.69) is 0 Å². The Morgan fingerprint density at radius 3 is 2.04 bits per heavy atom. The minimum atomic E-state index is -1.57. The van der Waals surface area contributed by atoms with Crippen molar-refractivity contribution in [2.45, 2.75) is 83.7 Å². The number of carbonyl (C=O) groups excluding carboxylic acids is 4. The zero-order chi connectivity index (χ0) is 35.8. The van der Waals surface area contributed by atoms with Gasteiger partial charge in [-0.15, -0.1) is 0 Å². The van der Waals surface area contributed by atoms with Crippen LogP contribution >= 0.6 is 0 Å². The Morgan fingerprint density at radius 2 is 1.43 bits per heavy atom. The maximum atomic E-state index is 13.3. The summed E-state index contributed by atoms with van der Waals surface area (Å²) in [5.74, 6) is -4.04. The van der Waals surface area contributed by atoms with Gasteiger partial charge in [0.25, 0.3) is 0 Å². The van der Waals surface area contributed by atoms with Gasteiger partial charge in [-0.05, 0) is 31.0 Å². The number of hydrogen-bond donors (Lipinski definition) is 1. The third-order valence-electron chi connectivity index (χ3n) is 7.64. The van der Waals surface area contributed by atoms with E-state index in [0.29, 0.717) is 10.9 Å². The quantitative estimate of drug-likeness (QED) is 0.119. The van der Waals surface area contributed by atoms with Gasteiger partial charge in [0.1, 0.15) is 24.0 Å². The summed E-state index contributed by atoms with van der Waals surface area (Å²) in [4.78, 5) is 73.2. The van der Waals surface area contributed by atoms with Gasteiger partial charge < -0.3 is 33.2 Å². The first kappa shape index (κ1) is 37.0. The summed E-state index contributed by atoms with van der Waals surface area (Å²) in [5, 5.41) is 12.7. The second-order valence-corrected chi connectivity index (χ2v) is 11.3. The molecule has 0 amide bonds. The summed E-state index contributed by atoms with van der Waals surface area (Å²) in [6.45, 7) is 5.74. The Morgan fingerprint density at radius 1 is 0.837 bits per heavy atom. The molecule has 1 saturated heterocycles. The molecule has 49 heavy (non-hydrogen) atoms. The number of rotatable bonds is 13. The van der Waals surface area contributed by atoms with Gasteiger partial charge in [-0.3, -0.25) is 24.0 Å². The van der Waals surface area contributed by atoms with Crippen molar-refractivity contribution in [1.29, 1.82) is 0 Å². The van der Waals surface area contributed by atoms with Crippen LogP contribution in [0.15, 0.2) is 63.8 Å². The highest BCUT2D eigenvalue weighted by molar-refractivity contribution is 5.84. The molecule has 1 aliphatic rings. The molecular formula is C34H39NO14. The number of fused-ring (bicyclic) bond motifs is 1. The molecular weight excluding hydrogens is 646 g/mol. The summed E-state index contributed by atoms with van der Waals surface area (Å²) in [5.41, 5.74) is 0.177. The van der Waals surface area contributed by atoms with Gasteiger partial charge in [-0.2, -0.15) is 0 Å². The molecule has 0 spiro atoms. The second-order valence-electron chi connectivity index (χ2n) is 11.3. The number of hydroxylamine groups is 2. The van der Waals surface area contributed by atoms with E-state index < -0.39 is 78.8 Å². The Balaban J connectivity index is 1.71. The zero-order valence-electron chi connectivity index (χ0n) is 27.9. The zero-order valence-corrected chi connectivity index (χ0v) is 27.9. The Kier molecular flexibility index (Phi) is 12.5. The van der Waals surface area contributed by atoms with Gasteiger partial charge in [0.05, 0.1) is 24.1 Å². The van der Waals surface area contributed by atoms with Crippen LogP contribution in [-0.4, -0.2) is 84.7 Å². The molecule has 0 bridgehead atoms. The van der Waals surface area contributed by atoms with Crippen molar-refractivity contribution < 1.29 is 62.1 Å². The van der Waals surface area contributed by atoms with Crippen LogP contribution in [0, 0.1) is 0 Å². The van der Waals surface area contributed by atoms with E-state index in [0.717, 1.165) is 32.9 Å². The fraction of sp³-hybridized carbons (Fsp3) is 0.441. The lowest BCUT2D eigenvalue weighted by Crippen LogP contribution is -2.64. The molecule has 0 saturated carbocycles. The molecule has 0 radical (unpaired) electrons. The van der Waals surface area contributed by atoms with Crippen molar-refractivity contribution in [2.75, 3.05) is 13.7 Å². The molecule has 15 nitrogen and oxygen atoms in total. The van der Waals surface area contributed by atoms with Gasteiger partial charge in [-0.25, -0.2) is 9.63 Å². The van der Waals surface area contributed by atoms with E-state index in [9.17, 15) is 29.1 Å². The van der Waals surface area contributed by atoms with Crippen molar-refractivity contribution in [2.24, 2.45) is 0 Å². The summed E-state index contributed by atoms with van der Waals surface area (Å²) < 4.78 is 33.1. The lowest BCUT2D eigenvalue weighted by atomic mass is 9.86. The van der Waals surface area contributed by atoms with Crippen LogP contribution in [0.2, 0.25) is 0 Å². The molecule has 1 aromatic heterocycles. The van der Waals surface area contributed by atoms with Crippen molar-refractivity contribution in [1.82, 2.24) is 5.23 Å². The standard InChI is InChI=1S/C34H39NO14/c1-18(16-25(23-12-8-7-9-13-23)28-29(40)24-14-10-11-15-26(24)47-33(28)41)35(42-6)49-34-32(46-22(5)39)31(45-21(4)38)30(44-20(3)37)27(48-34)17-43-19(2)36/h7-15,18,25,27,30-32,34,40H,16-17H2,1-6H3/t18?,25?,27-,30-,31+,32-,34?/m1/s1. The van der Waals surface area contributed by atoms with Crippen LogP contribution in [0.25, 0.3) is 11.0 Å². The number of carbonyl (C=O) groups is 4.